The summed E-state index contributed by atoms with van der Waals surface area (Å²) in [6.07, 6.45) is 0. The van der Waals surface area contributed by atoms with Crippen LogP contribution in [0.1, 0.15) is 5.56 Å². The molecule has 0 radical (unpaired) electrons. The molecule has 0 fully saturated rings. The van der Waals surface area contributed by atoms with E-state index in [9.17, 15) is 4.79 Å². The Bertz CT molecular complexity index is 868. The fraction of sp³-hybridized carbons (Fsp3) is 0.0556. The van der Waals surface area contributed by atoms with Gasteiger partial charge in [-0.1, -0.05) is 35.9 Å². The van der Waals surface area contributed by atoms with Gasteiger partial charge in [0.1, 0.15) is 0 Å². The van der Waals surface area contributed by atoms with E-state index in [0.29, 0.717) is 22.3 Å². The first kappa shape index (κ1) is 16.7. The third-order valence-electron chi connectivity index (χ3n) is 3.40. The number of rotatable bonds is 4. The van der Waals surface area contributed by atoms with E-state index in [1.807, 2.05) is 43.3 Å². The molecule has 0 unspecified atom stereocenters. The van der Waals surface area contributed by atoms with Gasteiger partial charge in [-0.3, -0.25) is 5.32 Å². The van der Waals surface area contributed by atoms with Crippen LogP contribution in [0.25, 0.3) is 0 Å². The van der Waals surface area contributed by atoms with Gasteiger partial charge in [0.15, 0.2) is 11.6 Å². The first-order valence-corrected chi connectivity index (χ1v) is 7.98. The van der Waals surface area contributed by atoms with Crippen molar-refractivity contribution in [3.63, 3.8) is 0 Å². The van der Waals surface area contributed by atoms with E-state index in [4.69, 9.17) is 11.6 Å². The summed E-state index contributed by atoms with van der Waals surface area (Å²) >= 11 is 6.00. The Morgan fingerprint density at radius 1 is 0.920 bits per heavy atom. The van der Waals surface area contributed by atoms with Gasteiger partial charge in [0.25, 0.3) is 0 Å². The van der Waals surface area contributed by atoms with Gasteiger partial charge < -0.3 is 10.6 Å². The Balaban J connectivity index is 1.62. The predicted octanol–water partition coefficient (Wildman–Crippen LogP) is 4.83. The normalized spacial score (nSPS) is 10.2. The Hall–Kier alpha value is -3.12. The van der Waals surface area contributed by atoms with Gasteiger partial charge in [-0.15, -0.1) is 10.2 Å². The first-order chi connectivity index (χ1) is 12.1. The van der Waals surface area contributed by atoms with Crippen molar-refractivity contribution in [1.29, 1.82) is 0 Å². The second-order valence-electron chi connectivity index (χ2n) is 5.33. The van der Waals surface area contributed by atoms with Crippen molar-refractivity contribution in [2.45, 2.75) is 6.92 Å². The SMILES string of the molecule is Cc1ccc(Cl)cc1Nc1ccc(NC(=O)Nc2ccccc2)nn1. The number of aromatic nitrogens is 2. The third kappa shape index (κ3) is 4.68. The van der Waals surface area contributed by atoms with Crippen molar-refractivity contribution >= 4 is 40.6 Å². The summed E-state index contributed by atoms with van der Waals surface area (Å²) in [5, 5.41) is 17.2. The summed E-state index contributed by atoms with van der Waals surface area (Å²) in [4.78, 5) is 11.9. The molecule has 0 spiro atoms. The molecule has 0 aliphatic carbocycles. The number of benzene rings is 2. The third-order valence-corrected chi connectivity index (χ3v) is 3.64. The number of urea groups is 1. The van der Waals surface area contributed by atoms with Gasteiger partial charge in [0.05, 0.1) is 0 Å². The van der Waals surface area contributed by atoms with Crippen LogP contribution in [-0.2, 0) is 0 Å². The van der Waals surface area contributed by atoms with Crippen LogP contribution >= 0.6 is 11.6 Å². The number of amides is 2. The van der Waals surface area contributed by atoms with E-state index in [-0.39, 0.29) is 6.03 Å². The molecule has 1 aromatic heterocycles. The average molecular weight is 354 g/mol. The standard InChI is InChI=1S/C18H16ClN5O/c1-12-7-8-13(19)11-15(12)21-16-9-10-17(24-23-16)22-18(25)20-14-5-3-2-4-6-14/h2-11H,1H3,(H,21,23)(H2,20,22,24,25). The molecule has 3 aromatic rings. The summed E-state index contributed by atoms with van der Waals surface area (Å²) < 4.78 is 0. The molecule has 0 aliphatic rings. The van der Waals surface area contributed by atoms with E-state index < -0.39 is 0 Å². The Morgan fingerprint density at radius 3 is 2.36 bits per heavy atom. The lowest BCUT2D eigenvalue weighted by molar-refractivity contribution is 0.262. The number of halogens is 1. The molecule has 3 N–H and O–H groups in total. The zero-order valence-electron chi connectivity index (χ0n) is 13.5. The lowest BCUT2D eigenvalue weighted by Crippen LogP contribution is -2.20. The quantitative estimate of drug-likeness (QED) is 0.628. The molecular weight excluding hydrogens is 338 g/mol. The molecule has 1 heterocycles. The zero-order valence-corrected chi connectivity index (χ0v) is 14.2. The maximum atomic E-state index is 11.9. The van der Waals surface area contributed by atoms with Gasteiger partial charge in [0, 0.05) is 16.4 Å². The number of nitrogens with zero attached hydrogens (tertiary/aromatic N) is 2. The van der Waals surface area contributed by atoms with Gasteiger partial charge in [-0.2, -0.15) is 0 Å². The maximum Gasteiger partial charge on any atom is 0.324 e. The Morgan fingerprint density at radius 2 is 1.64 bits per heavy atom. The second-order valence-corrected chi connectivity index (χ2v) is 5.77. The number of anilines is 4. The van der Waals surface area contributed by atoms with Gasteiger partial charge in [-0.25, -0.2) is 4.79 Å². The van der Waals surface area contributed by atoms with Crippen LogP contribution in [0.15, 0.2) is 60.7 Å². The highest BCUT2D eigenvalue weighted by atomic mass is 35.5. The van der Waals surface area contributed by atoms with Gasteiger partial charge in [0.2, 0.25) is 0 Å². The Labute approximate surface area is 150 Å². The van der Waals surface area contributed by atoms with Crippen LogP contribution in [0.4, 0.5) is 27.8 Å². The van der Waals surface area contributed by atoms with Crippen molar-refractivity contribution < 1.29 is 4.79 Å². The molecule has 6 nitrogen and oxygen atoms in total. The van der Waals surface area contributed by atoms with Gasteiger partial charge >= 0.3 is 6.03 Å². The van der Waals surface area contributed by atoms with Crippen LogP contribution < -0.4 is 16.0 Å². The van der Waals surface area contributed by atoms with Crippen LogP contribution in [-0.4, -0.2) is 16.2 Å². The minimum Gasteiger partial charge on any atom is -0.338 e. The lowest BCUT2D eigenvalue weighted by atomic mass is 10.2. The van der Waals surface area contributed by atoms with Crippen molar-refractivity contribution in [2.75, 3.05) is 16.0 Å². The minimum absolute atomic E-state index is 0.349. The van der Waals surface area contributed by atoms with Crippen LogP contribution in [0, 0.1) is 6.92 Å². The summed E-state index contributed by atoms with van der Waals surface area (Å²) in [5.41, 5.74) is 2.59. The van der Waals surface area contributed by atoms with Crippen LogP contribution in [0.5, 0.6) is 0 Å². The first-order valence-electron chi connectivity index (χ1n) is 7.60. The fourth-order valence-corrected chi connectivity index (χ4v) is 2.30. The summed E-state index contributed by atoms with van der Waals surface area (Å²) in [6, 6.07) is 17.7. The van der Waals surface area contributed by atoms with Crippen LogP contribution in [0.2, 0.25) is 5.02 Å². The van der Waals surface area contributed by atoms with Crippen molar-refractivity contribution in [1.82, 2.24) is 10.2 Å². The molecule has 0 aliphatic heterocycles. The molecule has 126 valence electrons. The van der Waals surface area contributed by atoms with Crippen LogP contribution in [0.3, 0.4) is 0 Å². The van der Waals surface area contributed by atoms with Crippen molar-refractivity contribution in [2.24, 2.45) is 0 Å². The number of nitrogens with one attached hydrogen (secondary N) is 3. The van der Waals surface area contributed by atoms with E-state index >= 15 is 0 Å². The number of aryl methyl sites for hydroxylation is 1. The van der Waals surface area contributed by atoms with E-state index in [1.165, 1.54) is 0 Å². The molecule has 25 heavy (non-hydrogen) atoms. The largest absolute Gasteiger partial charge is 0.338 e. The highest BCUT2D eigenvalue weighted by Crippen LogP contribution is 2.23. The van der Waals surface area contributed by atoms with E-state index in [1.54, 1.807) is 24.3 Å². The maximum absolute atomic E-state index is 11.9. The highest BCUT2D eigenvalue weighted by Gasteiger charge is 2.05. The summed E-state index contributed by atoms with van der Waals surface area (Å²) in [7, 11) is 0. The van der Waals surface area contributed by atoms with E-state index in [0.717, 1.165) is 11.3 Å². The lowest BCUT2D eigenvalue weighted by Gasteiger charge is -2.10. The molecule has 2 aromatic carbocycles. The zero-order chi connectivity index (χ0) is 17.6. The smallest absolute Gasteiger partial charge is 0.324 e. The molecule has 0 atom stereocenters. The number of carbonyl (C=O) groups excluding carboxylic acids is 1. The molecular formula is C18H16ClN5O. The molecule has 3 rings (SSSR count). The predicted molar refractivity (Wildman–Crippen MR) is 101 cm³/mol. The molecule has 0 saturated heterocycles. The number of carbonyl (C=O) groups is 1. The average Bonchev–Trinajstić information content (AvgIpc) is 2.61. The molecule has 2 amide bonds. The number of para-hydroxylation sites is 1. The van der Waals surface area contributed by atoms with Crippen molar-refractivity contribution in [3.05, 3.63) is 71.2 Å². The monoisotopic (exact) mass is 353 g/mol. The topological polar surface area (TPSA) is 78.9 Å². The molecule has 7 heteroatoms. The second kappa shape index (κ2) is 7.63. The minimum atomic E-state index is -0.383. The molecule has 0 bridgehead atoms. The number of hydrogen-bond acceptors (Lipinski definition) is 4. The highest BCUT2D eigenvalue weighted by molar-refractivity contribution is 6.30. The van der Waals surface area contributed by atoms with E-state index in [2.05, 4.69) is 26.1 Å². The van der Waals surface area contributed by atoms with Gasteiger partial charge in [-0.05, 0) is 48.9 Å². The van der Waals surface area contributed by atoms with Crippen molar-refractivity contribution in [3.8, 4) is 0 Å². The fourth-order valence-electron chi connectivity index (χ4n) is 2.13. The number of hydrogen-bond donors (Lipinski definition) is 3. The molecule has 0 saturated carbocycles. The summed E-state index contributed by atoms with van der Waals surface area (Å²) in [6.45, 7) is 1.97. The Kier molecular flexibility index (Phi) is 5.11. The summed E-state index contributed by atoms with van der Waals surface area (Å²) in [5.74, 6) is 0.904.